The molecule has 1 heterocycles. The molecule has 10 rings (SSSR count). The van der Waals surface area contributed by atoms with Crippen LogP contribution in [0.3, 0.4) is 0 Å². The van der Waals surface area contributed by atoms with Crippen LogP contribution in [0.15, 0.2) is 180 Å². The summed E-state index contributed by atoms with van der Waals surface area (Å²) in [6.45, 7) is 0. The number of anilines is 3. The highest BCUT2D eigenvalue weighted by Crippen LogP contribution is 2.44. The van der Waals surface area contributed by atoms with Crippen molar-refractivity contribution >= 4 is 82.1 Å². The molecule has 0 spiro atoms. The van der Waals surface area contributed by atoms with Gasteiger partial charge in [0.25, 0.3) is 0 Å². The molecule has 0 aliphatic carbocycles. The summed E-state index contributed by atoms with van der Waals surface area (Å²) >= 11 is 0. The van der Waals surface area contributed by atoms with Crippen molar-refractivity contribution in [1.82, 2.24) is 0 Å². The standard InChI is InChI=1S/C46H29NO/c1-2-12-33-28-36(23-21-30(33)9-1)47(43-17-7-13-31-10-4-6-15-40(31)43)37-24-26-44-42(29-37)46-41(16-8-18-45(46)48-44)35-22-25-39-34(27-35)20-19-32-11-3-5-14-38(32)39/h1-29H. The van der Waals surface area contributed by atoms with Crippen molar-refractivity contribution in [1.29, 1.82) is 0 Å². The fourth-order valence-electron chi connectivity index (χ4n) is 7.52. The molecule has 9 aromatic carbocycles. The second-order valence-electron chi connectivity index (χ2n) is 12.5. The topological polar surface area (TPSA) is 16.4 Å². The Labute approximate surface area is 277 Å². The van der Waals surface area contributed by atoms with Gasteiger partial charge >= 0.3 is 0 Å². The zero-order valence-corrected chi connectivity index (χ0v) is 26.1. The largest absolute Gasteiger partial charge is 0.456 e. The van der Waals surface area contributed by atoms with Gasteiger partial charge in [-0.05, 0) is 97.4 Å². The second kappa shape index (κ2) is 10.6. The minimum absolute atomic E-state index is 0.879. The van der Waals surface area contributed by atoms with Crippen LogP contribution in [0.4, 0.5) is 17.1 Å². The molecular formula is C46H29NO. The first kappa shape index (κ1) is 26.8. The lowest BCUT2D eigenvalue weighted by molar-refractivity contribution is 0.669. The van der Waals surface area contributed by atoms with Gasteiger partial charge in [0.2, 0.25) is 0 Å². The number of hydrogen-bond donors (Lipinski definition) is 0. The van der Waals surface area contributed by atoms with Crippen LogP contribution in [0.5, 0.6) is 0 Å². The zero-order chi connectivity index (χ0) is 31.6. The molecule has 0 fully saturated rings. The van der Waals surface area contributed by atoms with E-state index in [0.29, 0.717) is 0 Å². The molecule has 0 saturated heterocycles. The first-order valence-corrected chi connectivity index (χ1v) is 16.4. The van der Waals surface area contributed by atoms with Crippen LogP contribution >= 0.6 is 0 Å². The molecule has 0 aliphatic rings. The van der Waals surface area contributed by atoms with E-state index in [9.17, 15) is 0 Å². The highest BCUT2D eigenvalue weighted by atomic mass is 16.3. The lowest BCUT2D eigenvalue weighted by atomic mass is 9.95. The van der Waals surface area contributed by atoms with Gasteiger partial charge in [0.15, 0.2) is 0 Å². The van der Waals surface area contributed by atoms with E-state index in [0.717, 1.165) is 39.0 Å². The van der Waals surface area contributed by atoms with E-state index in [1.54, 1.807) is 0 Å². The van der Waals surface area contributed by atoms with E-state index in [-0.39, 0.29) is 0 Å². The second-order valence-corrected chi connectivity index (χ2v) is 12.5. The molecule has 10 aromatic rings. The van der Waals surface area contributed by atoms with Crippen molar-refractivity contribution < 1.29 is 4.42 Å². The third kappa shape index (κ3) is 4.20. The van der Waals surface area contributed by atoms with Crippen LogP contribution in [0.2, 0.25) is 0 Å². The van der Waals surface area contributed by atoms with Crippen LogP contribution < -0.4 is 4.90 Å². The number of furan rings is 1. The van der Waals surface area contributed by atoms with Crippen molar-refractivity contribution in [3.05, 3.63) is 176 Å². The molecule has 0 unspecified atom stereocenters. The Kier molecular flexibility index (Phi) is 5.91. The summed E-state index contributed by atoms with van der Waals surface area (Å²) in [4.78, 5) is 2.39. The molecule has 0 radical (unpaired) electrons. The van der Waals surface area contributed by atoms with Gasteiger partial charge in [0, 0.05) is 27.5 Å². The van der Waals surface area contributed by atoms with Gasteiger partial charge < -0.3 is 9.32 Å². The minimum Gasteiger partial charge on any atom is -0.456 e. The summed E-state index contributed by atoms with van der Waals surface area (Å²) < 4.78 is 6.52. The highest BCUT2D eigenvalue weighted by Gasteiger charge is 2.19. The minimum atomic E-state index is 0.879. The summed E-state index contributed by atoms with van der Waals surface area (Å²) in [7, 11) is 0. The normalized spacial score (nSPS) is 11.8. The highest BCUT2D eigenvalue weighted by molar-refractivity contribution is 6.15. The van der Waals surface area contributed by atoms with E-state index < -0.39 is 0 Å². The van der Waals surface area contributed by atoms with Crippen LogP contribution in [0.1, 0.15) is 0 Å². The maximum Gasteiger partial charge on any atom is 0.136 e. The fraction of sp³-hybridized carbons (Fsp3) is 0. The van der Waals surface area contributed by atoms with E-state index in [2.05, 4.69) is 181 Å². The number of fused-ring (bicyclic) bond motifs is 8. The molecule has 0 bridgehead atoms. The molecule has 2 nitrogen and oxygen atoms in total. The number of benzene rings is 9. The molecular weight excluding hydrogens is 583 g/mol. The van der Waals surface area contributed by atoms with Crippen molar-refractivity contribution in [2.75, 3.05) is 4.90 Å². The molecule has 48 heavy (non-hydrogen) atoms. The quantitative estimate of drug-likeness (QED) is 0.184. The predicted molar refractivity (Wildman–Crippen MR) is 204 cm³/mol. The SMILES string of the molecule is c1ccc2cc(N(c3ccc4oc5cccc(-c6ccc7c(ccc8ccccc87)c6)c5c4c3)c3cccc4ccccc34)ccc2c1. The number of hydrogen-bond acceptors (Lipinski definition) is 2. The van der Waals surface area contributed by atoms with Gasteiger partial charge in [0.1, 0.15) is 11.2 Å². The molecule has 0 amide bonds. The average Bonchev–Trinajstić information content (AvgIpc) is 3.53. The predicted octanol–water partition coefficient (Wildman–Crippen LogP) is 13.3. The number of rotatable bonds is 4. The molecule has 0 atom stereocenters. The van der Waals surface area contributed by atoms with Gasteiger partial charge in [-0.2, -0.15) is 0 Å². The van der Waals surface area contributed by atoms with Crippen LogP contribution in [0.25, 0.3) is 76.2 Å². The summed E-state index contributed by atoms with van der Waals surface area (Å²) in [5, 5.41) is 12.1. The van der Waals surface area contributed by atoms with Crippen molar-refractivity contribution in [2.24, 2.45) is 0 Å². The van der Waals surface area contributed by atoms with E-state index in [4.69, 9.17) is 4.42 Å². The molecule has 1 aromatic heterocycles. The van der Waals surface area contributed by atoms with Crippen LogP contribution in [-0.4, -0.2) is 0 Å². The van der Waals surface area contributed by atoms with E-state index in [1.165, 1.54) is 54.2 Å². The summed E-state index contributed by atoms with van der Waals surface area (Å²) in [5.74, 6) is 0. The van der Waals surface area contributed by atoms with Crippen molar-refractivity contribution in [2.45, 2.75) is 0 Å². The Morgan fingerprint density at radius 3 is 1.90 bits per heavy atom. The smallest absolute Gasteiger partial charge is 0.136 e. The van der Waals surface area contributed by atoms with E-state index in [1.807, 2.05) is 0 Å². The maximum absolute atomic E-state index is 6.52. The molecule has 2 heteroatoms. The molecule has 0 N–H and O–H groups in total. The van der Waals surface area contributed by atoms with Gasteiger partial charge in [-0.3, -0.25) is 0 Å². The zero-order valence-electron chi connectivity index (χ0n) is 26.1. The van der Waals surface area contributed by atoms with Crippen LogP contribution in [-0.2, 0) is 0 Å². The van der Waals surface area contributed by atoms with Gasteiger partial charge in [-0.25, -0.2) is 0 Å². The lowest BCUT2D eigenvalue weighted by Crippen LogP contribution is -2.10. The summed E-state index contributed by atoms with van der Waals surface area (Å²) in [6, 6.07) is 63.4. The Hall–Kier alpha value is -6.38. The van der Waals surface area contributed by atoms with E-state index >= 15 is 0 Å². The van der Waals surface area contributed by atoms with Gasteiger partial charge in [-0.15, -0.1) is 0 Å². The van der Waals surface area contributed by atoms with Crippen molar-refractivity contribution in [3.63, 3.8) is 0 Å². The Bertz CT molecular complexity index is 2860. The van der Waals surface area contributed by atoms with Gasteiger partial charge in [-0.1, -0.05) is 127 Å². The Balaban J connectivity index is 1.20. The monoisotopic (exact) mass is 611 g/mol. The van der Waals surface area contributed by atoms with Gasteiger partial charge in [0.05, 0.1) is 5.69 Å². The molecule has 224 valence electrons. The maximum atomic E-state index is 6.52. The fourth-order valence-corrected chi connectivity index (χ4v) is 7.52. The first-order valence-electron chi connectivity index (χ1n) is 16.4. The third-order valence-corrected chi connectivity index (χ3v) is 9.79. The Morgan fingerprint density at radius 1 is 0.354 bits per heavy atom. The average molecular weight is 612 g/mol. The molecule has 0 aliphatic heterocycles. The third-order valence-electron chi connectivity index (χ3n) is 9.79. The van der Waals surface area contributed by atoms with Crippen LogP contribution in [0, 0.1) is 0 Å². The van der Waals surface area contributed by atoms with Crippen molar-refractivity contribution in [3.8, 4) is 11.1 Å². The lowest BCUT2D eigenvalue weighted by Gasteiger charge is -2.27. The first-order chi connectivity index (χ1) is 23.8. The number of nitrogens with zero attached hydrogens (tertiary/aromatic N) is 1. The summed E-state index contributed by atoms with van der Waals surface area (Å²) in [5.41, 5.74) is 7.44. The molecule has 0 saturated carbocycles. The summed E-state index contributed by atoms with van der Waals surface area (Å²) in [6.07, 6.45) is 0. The Morgan fingerprint density at radius 2 is 1.00 bits per heavy atom.